The van der Waals surface area contributed by atoms with Gasteiger partial charge in [-0.1, -0.05) is 12.1 Å². The maximum atomic E-state index is 12.3. The van der Waals surface area contributed by atoms with Crippen LogP contribution in [-0.4, -0.2) is 44.1 Å². The normalized spacial score (nSPS) is 11.5. The van der Waals surface area contributed by atoms with Gasteiger partial charge in [0, 0.05) is 23.2 Å². The lowest BCUT2D eigenvalue weighted by molar-refractivity contribution is -0.145. The number of hydrogen-bond acceptors (Lipinski definition) is 9. The second kappa shape index (κ2) is 11.1. The molecular formula is C26H24N6O6. The van der Waals surface area contributed by atoms with Gasteiger partial charge in [-0.25, -0.2) is 9.78 Å². The summed E-state index contributed by atoms with van der Waals surface area (Å²) in [5.74, 6) is -1.83. The van der Waals surface area contributed by atoms with E-state index in [4.69, 9.17) is 26.4 Å². The minimum Gasteiger partial charge on any atom is -0.481 e. The summed E-state index contributed by atoms with van der Waals surface area (Å²) in [7, 11) is 0. The second-order valence-electron chi connectivity index (χ2n) is 8.29. The van der Waals surface area contributed by atoms with Crippen LogP contribution in [0.5, 0.6) is 11.5 Å². The van der Waals surface area contributed by atoms with Gasteiger partial charge >= 0.3 is 11.9 Å². The fraction of sp³-hybridized carbons (Fsp3) is 0.115. The molecule has 0 fully saturated rings. The number of fused-ring (bicyclic) bond motifs is 1. The van der Waals surface area contributed by atoms with E-state index in [1.165, 1.54) is 12.1 Å². The van der Waals surface area contributed by atoms with Gasteiger partial charge in [0.1, 0.15) is 23.4 Å². The van der Waals surface area contributed by atoms with E-state index in [0.29, 0.717) is 28.9 Å². The van der Waals surface area contributed by atoms with Crippen molar-refractivity contribution in [2.75, 3.05) is 16.8 Å². The number of anilines is 3. The Kier molecular flexibility index (Phi) is 7.52. The standard InChI is InChI=1S/C26H24N6O6/c27-23-19-11-18(9-10-20(19)31-26(28)32-23)38-17-7-1-14(2-8-17)13-29-16-5-3-15(4-6-16)24(35)30-21(25(36)37)12-22(33)34/h1-11,21,29H,12-13H2,(H,30,35)(H,33,34)(H,36,37)(H4,27,28,31,32). The Bertz CT molecular complexity index is 1490. The third-order valence-corrected chi connectivity index (χ3v) is 5.50. The molecule has 1 atom stereocenters. The highest BCUT2D eigenvalue weighted by atomic mass is 16.5. The van der Waals surface area contributed by atoms with Crippen LogP contribution in [-0.2, 0) is 16.1 Å². The van der Waals surface area contributed by atoms with E-state index < -0.39 is 30.3 Å². The van der Waals surface area contributed by atoms with Crippen LogP contribution < -0.4 is 26.8 Å². The molecule has 38 heavy (non-hydrogen) atoms. The number of carbonyl (C=O) groups excluding carboxylic acids is 1. The number of hydrogen-bond donors (Lipinski definition) is 6. The number of rotatable bonds is 10. The van der Waals surface area contributed by atoms with Crippen molar-refractivity contribution >= 4 is 46.2 Å². The van der Waals surface area contributed by atoms with Gasteiger partial charge in [-0.05, 0) is 60.2 Å². The van der Waals surface area contributed by atoms with Crippen LogP contribution in [0.3, 0.4) is 0 Å². The van der Waals surface area contributed by atoms with Crippen molar-refractivity contribution in [1.82, 2.24) is 15.3 Å². The number of nitrogens with one attached hydrogen (secondary N) is 2. The van der Waals surface area contributed by atoms with E-state index in [0.717, 1.165) is 11.3 Å². The number of nitrogen functional groups attached to an aromatic ring is 2. The Morgan fingerprint density at radius 1 is 0.895 bits per heavy atom. The fourth-order valence-corrected chi connectivity index (χ4v) is 3.58. The summed E-state index contributed by atoms with van der Waals surface area (Å²) in [6, 6.07) is 17.6. The minimum atomic E-state index is -1.52. The zero-order valence-electron chi connectivity index (χ0n) is 19.9. The Morgan fingerprint density at radius 2 is 1.58 bits per heavy atom. The monoisotopic (exact) mass is 516 g/mol. The number of amides is 1. The summed E-state index contributed by atoms with van der Waals surface area (Å²) >= 11 is 0. The first kappa shape index (κ1) is 25.7. The number of aliphatic carboxylic acids is 2. The molecule has 1 heterocycles. The average Bonchev–Trinajstić information content (AvgIpc) is 2.88. The number of nitrogens with two attached hydrogens (primary N) is 2. The molecule has 8 N–H and O–H groups in total. The van der Waals surface area contributed by atoms with E-state index >= 15 is 0 Å². The molecule has 0 spiro atoms. The molecule has 0 saturated carbocycles. The van der Waals surface area contributed by atoms with E-state index in [9.17, 15) is 14.4 Å². The minimum absolute atomic E-state index is 0.108. The van der Waals surface area contributed by atoms with Crippen molar-refractivity contribution in [2.45, 2.75) is 19.0 Å². The summed E-state index contributed by atoms with van der Waals surface area (Å²) in [5, 5.41) is 24.0. The largest absolute Gasteiger partial charge is 0.481 e. The molecule has 12 nitrogen and oxygen atoms in total. The highest BCUT2D eigenvalue weighted by Crippen LogP contribution is 2.28. The zero-order chi connectivity index (χ0) is 27.2. The first-order valence-electron chi connectivity index (χ1n) is 11.4. The van der Waals surface area contributed by atoms with Gasteiger partial charge < -0.3 is 37.1 Å². The predicted octanol–water partition coefficient (Wildman–Crippen LogP) is 2.86. The number of ether oxygens (including phenoxy) is 1. The first-order chi connectivity index (χ1) is 18.2. The number of carboxylic acids is 2. The molecule has 0 bridgehead atoms. The molecule has 0 radical (unpaired) electrons. The molecule has 0 saturated heterocycles. The van der Waals surface area contributed by atoms with Gasteiger partial charge in [0.15, 0.2) is 0 Å². The molecular weight excluding hydrogens is 492 g/mol. The molecule has 3 aromatic carbocycles. The van der Waals surface area contributed by atoms with Crippen LogP contribution >= 0.6 is 0 Å². The molecule has 1 amide bonds. The van der Waals surface area contributed by atoms with Gasteiger partial charge in [-0.2, -0.15) is 4.98 Å². The molecule has 4 rings (SSSR count). The number of nitrogens with zero attached hydrogens (tertiary/aromatic N) is 2. The lowest BCUT2D eigenvalue weighted by Gasteiger charge is -2.13. The summed E-state index contributed by atoms with van der Waals surface area (Å²) in [6.07, 6.45) is -0.716. The Labute approximate surface area is 216 Å². The van der Waals surface area contributed by atoms with E-state index in [2.05, 4.69) is 20.6 Å². The second-order valence-corrected chi connectivity index (χ2v) is 8.29. The van der Waals surface area contributed by atoms with Gasteiger partial charge in [0.25, 0.3) is 5.91 Å². The van der Waals surface area contributed by atoms with Crippen LogP contribution in [0.25, 0.3) is 10.9 Å². The van der Waals surface area contributed by atoms with Crippen LogP contribution in [0.2, 0.25) is 0 Å². The topological polar surface area (TPSA) is 203 Å². The van der Waals surface area contributed by atoms with E-state index in [1.807, 2.05) is 24.3 Å². The Balaban J connectivity index is 1.32. The van der Waals surface area contributed by atoms with Crippen LogP contribution in [0.4, 0.5) is 17.5 Å². The van der Waals surface area contributed by atoms with Crippen molar-refractivity contribution in [1.29, 1.82) is 0 Å². The van der Waals surface area contributed by atoms with Gasteiger partial charge in [-0.15, -0.1) is 0 Å². The van der Waals surface area contributed by atoms with E-state index in [1.54, 1.807) is 30.3 Å². The van der Waals surface area contributed by atoms with Gasteiger partial charge in [-0.3, -0.25) is 9.59 Å². The van der Waals surface area contributed by atoms with Crippen molar-refractivity contribution < 1.29 is 29.3 Å². The van der Waals surface area contributed by atoms with Crippen molar-refractivity contribution in [3.05, 3.63) is 77.9 Å². The zero-order valence-corrected chi connectivity index (χ0v) is 19.9. The SMILES string of the molecule is Nc1nc(N)c2cc(Oc3ccc(CNc4ccc(C(=O)NC(CC(=O)O)C(=O)O)cc4)cc3)ccc2n1. The molecule has 0 aliphatic heterocycles. The maximum absolute atomic E-state index is 12.3. The first-order valence-corrected chi connectivity index (χ1v) is 11.4. The van der Waals surface area contributed by atoms with Crippen molar-refractivity contribution in [3.8, 4) is 11.5 Å². The number of carbonyl (C=O) groups is 3. The van der Waals surface area contributed by atoms with Crippen LogP contribution in [0.15, 0.2) is 66.7 Å². The predicted molar refractivity (Wildman–Crippen MR) is 140 cm³/mol. The molecule has 1 aromatic heterocycles. The van der Waals surface area contributed by atoms with Crippen LogP contribution in [0, 0.1) is 0 Å². The summed E-state index contributed by atoms with van der Waals surface area (Å²) in [6.45, 7) is 0.497. The summed E-state index contributed by atoms with van der Waals surface area (Å²) in [4.78, 5) is 42.3. The van der Waals surface area contributed by atoms with E-state index in [-0.39, 0.29) is 17.3 Å². The van der Waals surface area contributed by atoms with Gasteiger partial charge in [0.2, 0.25) is 5.95 Å². The highest BCUT2D eigenvalue weighted by Gasteiger charge is 2.23. The lowest BCUT2D eigenvalue weighted by Crippen LogP contribution is -2.42. The van der Waals surface area contributed by atoms with Gasteiger partial charge in [0.05, 0.1) is 11.9 Å². The number of aromatic nitrogens is 2. The Morgan fingerprint density at radius 3 is 2.24 bits per heavy atom. The molecule has 0 aliphatic carbocycles. The third-order valence-electron chi connectivity index (χ3n) is 5.50. The quantitative estimate of drug-likeness (QED) is 0.181. The smallest absolute Gasteiger partial charge is 0.326 e. The summed E-state index contributed by atoms with van der Waals surface area (Å²) in [5.41, 5.74) is 14.1. The van der Waals surface area contributed by atoms with Crippen LogP contribution in [0.1, 0.15) is 22.3 Å². The highest BCUT2D eigenvalue weighted by molar-refractivity contribution is 5.97. The number of carboxylic acid groups (broad SMARTS) is 2. The maximum Gasteiger partial charge on any atom is 0.326 e. The third kappa shape index (κ3) is 6.43. The molecule has 1 unspecified atom stereocenters. The number of benzene rings is 3. The molecule has 12 heteroatoms. The average molecular weight is 517 g/mol. The van der Waals surface area contributed by atoms with Crippen molar-refractivity contribution in [2.24, 2.45) is 0 Å². The fourth-order valence-electron chi connectivity index (χ4n) is 3.58. The lowest BCUT2D eigenvalue weighted by atomic mass is 10.1. The molecule has 194 valence electrons. The Hall–Kier alpha value is -5.39. The molecule has 0 aliphatic rings. The molecule has 4 aromatic rings. The summed E-state index contributed by atoms with van der Waals surface area (Å²) < 4.78 is 5.92. The van der Waals surface area contributed by atoms with Crippen molar-refractivity contribution in [3.63, 3.8) is 0 Å².